The van der Waals surface area contributed by atoms with Crippen LogP contribution in [0.4, 0.5) is 5.69 Å². The maximum Gasteiger partial charge on any atom is 0.241 e. The Kier molecular flexibility index (Phi) is 5.37. The van der Waals surface area contributed by atoms with Gasteiger partial charge in [0.15, 0.2) is 0 Å². The number of likely N-dealkylation sites (N-methyl/N-ethyl adjacent to an activating group) is 1. The molecule has 0 radical (unpaired) electrons. The van der Waals surface area contributed by atoms with E-state index in [1.54, 1.807) is 0 Å². The van der Waals surface area contributed by atoms with E-state index in [0.717, 1.165) is 30.8 Å². The lowest BCUT2D eigenvalue weighted by Crippen LogP contribution is -2.40. The first-order valence-electron chi connectivity index (χ1n) is 7.86. The third-order valence-corrected chi connectivity index (χ3v) is 4.43. The SMILES string of the molecule is CCN(C(=O)CN1CCC(C(C)N)C1)c1ccccc1C. The summed E-state index contributed by atoms with van der Waals surface area (Å²) in [5.74, 6) is 0.698. The molecular formula is C17H27N3O. The minimum Gasteiger partial charge on any atom is -0.328 e. The largest absolute Gasteiger partial charge is 0.328 e. The van der Waals surface area contributed by atoms with Gasteiger partial charge in [-0.3, -0.25) is 9.69 Å². The van der Waals surface area contributed by atoms with Crippen molar-refractivity contribution >= 4 is 11.6 Å². The van der Waals surface area contributed by atoms with Gasteiger partial charge in [0.2, 0.25) is 5.91 Å². The highest BCUT2D eigenvalue weighted by Gasteiger charge is 2.27. The van der Waals surface area contributed by atoms with Crippen LogP contribution in [0.1, 0.15) is 25.8 Å². The van der Waals surface area contributed by atoms with Crippen LogP contribution >= 0.6 is 0 Å². The number of hydrogen-bond donors (Lipinski definition) is 1. The monoisotopic (exact) mass is 289 g/mol. The van der Waals surface area contributed by atoms with Crippen molar-refractivity contribution in [3.05, 3.63) is 29.8 Å². The Morgan fingerprint density at radius 1 is 1.48 bits per heavy atom. The van der Waals surface area contributed by atoms with Gasteiger partial charge in [-0.15, -0.1) is 0 Å². The molecule has 0 aliphatic carbocycles. The molecule has 2 rings (SSSR count). The minimum absolute atomic E-state index is 0.178. The smallest absolute Gasteiger partial charge is 0.241 e. The average molecular weight is 289 g/mol. The van der Waals surface area contributed by atoms with Crippen molar-refractivity contribution in [2.24, 2.45) is 11.7 Å². The van der Waals surface area contributed by atoms with E-state index in [1.165, 1.54) is 0 Å². The van der Waals surface area contributed by atoms with Crippen LogP contribution in [0.15, 0.2) is 24.3 Å². The number of aryl methyl sites for hydroxylation is 1. The summed E-state index contributed by atoms with van der Waals surface area (Å²) >= 11 is 0. The molecule has 0 bridgehead atoms. The number of anilines is 1. The van der Waals surface area contributed by atoms with Crippen molar-refractivity contribution < 1.29 is 4.79 Å². The topological polar surface area (TPSA) is 49.6 Å². The molecule has 1 aliphatic heterocycles. The van der Waals surface area contributed by atoms with Crippen molar-refractivity contribution in [1.82, 2.24) is 4.90 Å². The highest BCUT2D eigenvalue weighted by Crippen LogP contribution is 2.22. The minimum atomic E-state index is 0.178. The van der Waals surface area contributed by atoms with Gasteiger partial charge in [-0.05, 0) is 51.3 Å². The fourth-order valence-electron chi connectivity index (χ4n) is 3.06. The molecule has 2 unspecified atom stereocenters. The van der Waals surface area contributed by atoms with Crippen LogP contribution in [0, 0.1) is 12.8 Å². The molecule has 2 atom stereocenters. The van der Waals surface area contributed by atoms with Crippen molar-refractivity contribution in [1.29, 1.82) is 0 Å². The van der Waals surface area contributed by atoms with E-state index >= 15 is 0 Å². The fourth-order valence-corrected chi connectivity index (χ4v) is 3.06. The summed E-state index contributed by atoms with van der Waals surface area (Å²) in [4.78, 5) is 16.7. The van der Waals surface area contributed by atoms with Crippen LogP contribution in [0.25, 0.3) is 0 Å². The van der Waals surface area contributed by atoms with E-state index in [2.05, 4.69) is 11.8 Å². The van der Waals surface area contributed by atoms with Gasteiger partial charge in [-0.1, -0.05) is 18.2 Å². The van der Waals surface area contributed by atoms with Gasteiger partial charge in [0.1, 0.15) is 0 Å². The van der Waals surface area contributed by atoms with Crippen LogP contribution in [0.2, 0.25) is 0 Å². The molecule has 4 heteroatoms. The first kappa shape index (κ1) is 16.0. The van der Waals surface area contributed by atoms with E-state index in [1.807, 2.05) is 43.0 Å². The molecule has 0 spiro atoms. The fraction of sp³-hybridized carbons (Fsp3) is 0.588. The molecule has 4 nitrogen and oxygen atoms in total. The van der Waals surface area contributed by atoms with E-state index in [-0.39, 0.29) is 11.9 Å². The molecule has 1 aliphatic rings. The molecule has 1 saturated heterocycles. The first-order valence-corrected chi connectivity index (χ1v) is 7.86. The van der Waals surface area contributed by atoms with Gasteiger partial charge in [-0.25, -0.2) is 0 Å². The number of carbonyl (C=O) groups excluding carboxylic acids is 1. The number of carbonyl (C=O) groups is 1. The number of rotatable bonds is 5. The van der Waals surface area contributed by atoms with E-state index in [4.69, 9.17) is 5.73 Å². The summed E-state index contributed by atoms with van der Waals surface area (Å²) in [6.45, 7) is 9.24. The van der Waals surface area contributed by atoms with Gasteiger partial charge in [-0.2, -0.15) is 0 Å². The van der Waals surface area contributed by atoms with Crippen molar-refractivity contribution in [3.63, 3.8) is 0 Å². The predicted molar refractivity (Wildman–Crippen MR) is 87.4 cm³/mol. The maximum atomic E-state index is 12.6. The molecule has 1 aromatic rings. The van der Waals surface area contributed by atoms with Gasteiger partial charge >= 0.3 is 0 Å². The number of amides is 1. The maximum absolute atomic E-state index is 12.6. The highest BCUT2D eigenvalue weighted by atomic mass is 16.2. The molecule has 21 heavy (non-hydrogen) atoms. The molecule has 0 aromatic heterocycles. The molecule has 0 saturated carbocycles. The second-order valence-electron chi connectivity index (χ2n) is 6.07. The predicted octanol–water partition coefficient (Wildman–Crippen LogP) is 2.02. The number of hydrogen-bond acceptors (Lipinski definition) is 3. The summed E-state index contributed by atoms with van der Waals surface area (Å²) in [5.41, 5.74) is 8.13. The van der Waals surface area contributed by atoms with E-state index < -0.39 is 0 Å². The van der Waals surface area contributed by atoms with Gasteiger partial charge in [0, 0.05) is 24.8 Å². The van der Waals surface area contributed by atoms with Crippen molar-refractivity contribution in [3.8, 4) is 0 Å². The quantitative estimate of drug-likeness (QED) is 0.902. The van der Waals surface area contributed by atoms with E-state index in [0.29, 0.717) is 19.0 Å². The second kappa shape index (κ2) is 7.05. The molecule has 2 N–H and O–H groups in total. The van der Waals surface area contributed by atoms with Gasteiger partial charge < -0.3 is 10.6 Å². The third-order valence-electron chi connectivity index (χ3n) is 4.43. The van der Waals surface area contributed by atoms with Crippen LogP contribution in [-0.4, -0.2) is 43.0 Å². The summed E-state index contributed by atoms with van der Waals surface area (Å²) in [7, 11) is 0. The number of nitrogens with two attached hydrogens (primary N) is 1. The lowest BCUT2D eigenvalue weighted by molar-refractivity contribution is -0.119. The Balaban J connectivity index is 2.00. The van der Waals surface area contributed by atoms with Crippen LogP contribution in [0.5, 0.6) is 0 Å². The molecule has 1 heterocycles. The number of para-hydroxylation sites is 1. The summed E-state index contributed by atoms with van der Waals surface area (Å²) in [5, 5.41) is 0. The zero-order chi connectivity index (χ0) is 15.4. The summed E-state index contributed by atoms with van der Waals surface area (Å²) in [6, 6.07) is 8.27. The zero-order valence-electron chi connectivity index (χ0n) is 13.4. The van der Waals surface area contributed by atoms with Crippen LogP contribution < -0.4 is 10.6 Å². The Morgan fingerprint density at radius 3 is 2.76 bits per heavy atom. The Bertz CT molecular complexity index is 487. The molecule has 1 amide bonds. The molecule has 116 valence electrons. The van der Waals surface area contributed by atoms with Gasteiger partial charge in [0.25, 0.3) is 0 Å². The van der Waals surface area contributed by atoms with Crippen molar-refractivity contribution in [2.75, 3.05) is 31.1 Å². The van der Waals surface area contributed by atoms with Crippen molar-refractivity contribution in [2.45, 2.75) is 33.2 Å². The highest BCUT2D eigenvalue weighted by molar-refractivity contribution is 5.95. The van der Waals surface area contributed by atoms with Crippen LogP contribution in [0.3, 0.4) is 0 Å². The molecule has 1 fully saturated rings. The lowest BCUT2D eigenvalue weighted by atomic mass is 10.0. The van der Waals surface area contributed by atoms with Gasteiger partial charge in [0.05, 0.1) is 6.54 Å². The third kappa shape index (κ3) is 3.83. The Hall–Kier alpha value is -1.39. The Morgan fingerprint density at radius 2 is 2.19 bits per heavy atom. The number of benzene rings is 1. The Labute approximate surface area is 127 Å². The van der Waals surface area contributed by atoms with Crippen LogP contribution in [-0.2, 0) is 4.79 Å². The molecular weight excluding hydrogens is 262 g/mol. The standard InChI is InChI=1S/C17H27N3O/c1-4-20(16-8-6-5-7-13(16)2)17(21)12-19-10-9-15(11-19)14(3)18/h5-8,14-15H,4,9-12,18H2,1-3H3. The molecule has 1 aromatic carbocycles. The first-order chi connectivity index (χ1) is 10.0. The van der Waals surface area contributed by atoms with E-state index in [9.17, 15) is 4.79 Å². The average Bonchev–Trinajstić information content (AvgIpc) is 2.90. The lowest BCUT2D eigenvalue weighted by Gasteiger charge is -2.26. The normalized spacial score (nSPS) is 20.5. The summed E-state index contributed by atoms with van der Waals surface area (Å²) in [6.07, 6.45) is 1.10. The number of nitrogens with zero attached hydrogens (tertiary/aromatic N) is 2. The summed E-state index contributed by atoms with van der Waals surface area (Å²) < 4.78 is 0. The second-order valence-corrected chi connectivity index (χ2v) is 6.07. The zero-order valence-corrected chi connectivity index (χ0v) is 13.4. The number of likely N-dealkylation sites (tertiary alicyclic amines) is 1.